The first-order valence-electron chi connectivity index (χ1n) is 9.75. The van der Waals surface area contributed by atoms with Gasteiger partial charge >= 0.3 is 0 Å². The van der Waals surface area contributed by atoms with Gasteiger partial charge in [0.05, 0.1) is 5.56 Å². The molecule has 0 N–H and O–H groups in total. The quantitative estimate of drug-likeness (QED) is 0.409. The third-order valence-corrected chi connectivity index (χ3v) is 5.65. The molecular formula is C25H21Cl2NO3. The number of hydrogen-bond donors (Lipinski definition) is 0. The molecule has 0 aromatic heterocycles. The van der Waals surface area contributed by atoms with Crippen LogP contribution in [0.2, 0.25) is 10.0 Å². The maximum atomic E-state index is 12.9. The van der Waals surface area contributed by atoms with Crippen LogP contribution in [0.5, 0.6) is 11.5 Å². The Hall–Kier alpha value is -2.95. The van der Waals surface area contributed by atoms with Crippen LogP contribution in [0.15, 0.2) is 60.4 Å². The van der Waals surface area contributed by atoms with E-state index in [-0.39, 0.29) is 12.4 Å². The minimum Gasteiger partial charge on any atom is -0.489 e. The number of hydrogen-bond acceptors (Lipinski definition) is 4. The summed E-state index contributed by atoms with van der Waals surface area (Å²) in [5.41, 5.74) is 4.16. The van der Waals surface area contributed by atoms with Gasteiger partial charge in [0.2, 0.25) is 5.78 Å². The molecule has 0 saturated heterocycles. The molecule has 0 unspecified atom stereocenters. The summed E-state index contributed by atoms with van der Waals surface area (Å²) < 4.78 is 11.8. The minimum absolute atomic E-state index is 0.128. The van der Waals surface area contributed by atoms with Crippen LogP contribution in [0.4, 0.5) is 5.69 Å². The predicted molar refractivity (Wildman–Crippen MR) is 126 cm³/mol. The summed E-state index contributed by atoms with van der Waals surface area (Å²) in [6.45, 7) is 2.15. The Balaban J connectivity index is 1.54. The van der Waals surface area contributed by atoms with Gasteiger partial charge in [0.25, 0.3) is 0 Å². The van der Waals surface area contributed by atoms with Gasteiger partial charge in [0.15, 0.2) is 5.76 Å². The highest BCUT2D eigenvalue weighted by Gasteiger charge is 2.30. The summed E-state index contributed by atoms with van der Waals surface area (Å²) in [7, 11) is 3.97. The molecule has 0 spiro atoms. The summed E-state index contributed by atoms with van der Waals surface area (Å²) >= 11 is 12.2. The summed E-state index contributed by atoms with van der Waals surface area (Å²) in [5.74, 6) is 1.27. The summed E-state index contributed by atoms with van der Waals surface area (Å²) in [6, 6.07) is 16.8. The molecule has 0 bridgehead atoms. The number of aryl methyl sites for hydroxylation is 1. The molecule has 0 fully saturated rings. The van der Waals surface area contributed by atoms with E-state index in [4.69, 9.17) is 32.7 Å². The third kappa shape index (κ3) is 4.55. The maximum absolute atomic E-state index is 12.9. The number of Topliss-reactive ketones (excluding diaryl/α,β-unsaturated/α-hetero) is 1. The van der Waals surface area contributed by atoms with E-state index in [0.717, 1.165) is 22.4 Å². The number of fused-ring (bicyclic) bond motifs is 1. The van der Waals surface area contributed by atoms with Gasteiger partial charge in [0, 0.05) is 41.5 Å². The van der Waals surface area contributed by atoms with Gasteiger partial charge in [-0.05, 0) is 54.5 Å². The zero-order chi connectivity index (χ0) is 22.1. The fourth-order valence-electron chi connectivity index (χ4n) is 3.38. The van der Waals surface area contributed by atoms with Crippen molar-refractivity contribution in [3.63, 3.8) is 0 Å². The van der Waals surface area contributed by atoms with Gasteiger partial charge < -0.3 is 14.4 Å². The molecule has 3 aromatic carbocycles. The number of halogens is 2. The zero-order valence-electron chi connectivity index (χ0n) is 17.4. The van der Waals surface area contributed by atoms with Crippen molar-refractivity contribution < 1.29 is 14.3 Å². The molecule has 3 aromatic rings. The number of carbonyl (C=O) groups excluding carboxylic acids is 1. The number of benzene rings is 3. The van der Waals surface area contributed by atoms with E-state index in [1.54, 1.807) is 24.3 Å². The fourth-order valence-corrected chi connectivity index (χ4v) is 3.84. The lowest BCUT2D eigenvalue weighted by Gasteiger charge is -2.11. The zero-order valence-corrected chi connectivity index (χ0v) is 18.9. The molecule has 1 heterocycles. The second kappa shape index (κ2) is 8.66. The predicted octanol–water partition coefficient (Wildman–Crippen LogP) is 6.56. The molecule has 0 aliphatic carbocycles. The van der Waals surface area contributed by atoms with Crippen molar-refractivity contribution in [2.75, 3.05) is 19.0 Å². The monoisotopic (exact) mass is 453 g/mol. The molecule has 0 atom stereocenters. The summed E-state index contributed by atoms with van der Waals surface area (Å²) in [6.07, 6.45) is 1.76. The Bertz CT molecular complexity index is 1180. The highest BCUT2D eigenvalue weighted by molar-refractivity contribution is 6.35. The number of allylic oxidation sites excluding steroid dienone is 1. The van der Waals surface area contributed by atoms with Crippen LogP contribution in [0.25, 0.3) is 6.08 Å². The Labute approximate surface area is 191 Å². The molecule has 1 aliphatic rings. The van der Waals surface area contributed by atoms with Crippen molar-refractivity contribution in [2.45, 2.75) is 13.5 Å². The highest BCUT2D eigenvalue weighted by Crippen LogP contribution is 2.38. The SMILES string of the molecule is Cc1cc(OCc2ccc(Cl)cc2Cl)cc2c1C(=O)/C(=C/c1ccc(N(C)C)cc1)O2. The lowest BCUT2D eigenvalue weighted by molar-refractivity contribution is 0.101. The van der Waals surface area contributed by atoms with Crippen LogP contribution in [0, 0.1) is 6.92 Å². The summed E-state index contributed by atoms with van der Waals surface area (Å²) in [5, 5.41) is 1.12. The van der Waals surface area contributed by atoms with Crippen LogP contribution in [-0.2, 0) is 6.61 Å². The van der Waals surface area contributed by atoms with Crippen LogP contribution in [0.1, 0.15) is 27.0 Å². The van der Waals surface area contributed by atoms with E-state index in [1.165, 1.54) is 0 Å². The van der Waals surface area contributed by atoms with Gasteiger partial charge in [-0.3, -0.25) is 4.79 Å². The van der Waals surface area contributed by atoms with E-state index in [9.17, 15) is 4.79 Å². The second-order valence-corrected chi connectivity index (χ2v) is 8.41. The van der Waals surface area contributed by atoms with Crippen molar-refractivity contribution in [2.24, 2.45) is 0 Å². The summed E-state index contributed by atoms with van der Waals surface area (Å²) in [4.78, 5) is 14.9. The first kappa shape index (κ1) is 21.3. The van der Waals surface area contributed by atoms with E-state index < -0.39 is 0 Å². The molecule has 158 valence electrons. The Morgan fingerprint density at radius 1 is 1.03 bits per heavy atom. The van der Waals surface area contributed by atoms with Gasteiger partial charge in [-0.1, -0.05) is 41.4 Å². The first-order valence-corrected chi connectivity index (χ1v) is 10.5. The standard InChI is InChI=1S/C25H21Cl2NO3/c1-15-10-20(30-14-17-6-7-18(26)12-21(17)27)13-22-24(15)25(29)23(31-22)11-16-4-8-19(9-5-16)28(2)3/h4-13H,14H2,1-3H3/b23-11-. The lowest BCUT2D eigenvalue weighted by Crippen LogP contribution is -2.08. The van der Waals surface area contributed by atoms with E-state index in [0.29, 0.717) is 32.9 Å². The Kier molecular flexibility index (Phi) is 5.94. The number of anilines is 1. The molecular weight excluding hydrogens is 433 g/mol. The van der Waals surface area contributed by atoms with Crippen molar-refractivity contribution in [3.8, 4) is 11.5 Å². The molecule has 0 radical (unpaired) electrons. The Morgan fingerprint density at radius 3 is 2.45 bits per heavy atom. The van der Waals surface area contributed by atoms with Crippen molar-refractivity contribution in [1.29, 1.82) is 0 Å². The van der Waals surface area contributed by atoms with E-state index >= 15 is 0 Å². The van der Waals surface area contributed by atoms with Crippen molar-refractivity contribution in [3.05, 3.63) is 92.7 Å². The molecule has 4 nitrogen and oxygen atoms in total. The molecule has 1 aliphatic heterocycles. The smallest absolute Gasteiger partial charge is 0.232 e. The van der Waals surface area contributed by atoms with Crippen molar-refractivity contribution in [1.82, 2.24) is 0 Å². The van der Waals surface area contributed by atoms with Crippen LogP contribution < -0.4 is 14.4 Å². The van der Waals surface area contributed by atoms with E-state index in [1.807, 2.05) is 62.3 Å². The maximum Gasteiger partial charge on any atom is 0.232 e. The average Bonchev–Trinajstić information content (AvgIpc) is 3.03. The number of rotatable bonds is 5. The Morgan fingerprint density at radius 2 is 1.77 bits per heavy atom. The van der Waals surface area contributed by atoms with Crippen LogP contribution in [-0.4, -0.2) is 19.9 Å². The first-order chi connectivity index (χ1) is 14.8. The molecule has 0 amide bonds. The number of ketones is 1. The number of carbonyl (C=O) groups is 1. The molecule has 0 saturated carbocycles. The lowest BCUT2D eigenvalue weighted by atomic mass is 10.0. The van der Waals surface area contributed by atoms with E-state index in [2.05, 4.69) is 0 Å². The van der Waals surface area contributed by atoms with Gasteiger partial charge in [-0.25, -0.2) is 0 Å². The number of ether oxygens (including phenoxy) is 2. The highest BCUT2D eigenvalue weighted by atomic mass is 35.5. The van der Waals surface area contributed by atoms with Gasteiger partial charge in [-0.2, -0.15) is 0 Å². The average molecular weight is 454 g/mol. The fraction of sp³-hybridized carbons (Fsp3) is 0.160. The van der Waals surface area contributed by atoms with Crippen LogP contribution >= 0.6 is 23.2 Å². The van der Waals surface area contributed by atoms with Gasteiger partial charge in [-0.15, -0.1) is 0 Å². The third-order valence-electron chi connectivity index (χ3n) is 5.06. The molecule has 31 heavy (non-hydrogen) atoms. The van der Waals surface area contributed by atoms with Crippen molar-refractivity contribution >= 4 is 40.7 Å². The van der Waals surface area contributed by atoms with Crippen LogP contribution in [0.3, 0.4) is 0 Å². The largest absolute Gasteiger partial charge is 0.489 e. The normalized spacial score (nSPS) is 13.8. The second-order valence-electron chi connectivity index (χ2n) is 7.56. The minimum atomic E-state index is -0.128. The number of nitrogens with zero attached hydrogens (tertiary/aromatic N) is 1. The van der Waals surface area contributed by atoms with Gasteiger partial charge in [0.1, 0.15) is 18.1 Å². The topological polar surface area (TPSA) is 38.8 Å². The molecule has 6 heteroatoms. The molecule has 4 rings (SSSR count).